The molecule has 0 aromatic rings. The van der Waals surface area contributed by atoms with E-state index in [-0.39, 0.29) is 5.21 Å². The molecule has 0 spiro atoms. The summed E-state index contributed by atoms with van der Waals surface area (Å²) in [6, 6.07) is 0. The van der Waals surface area contributed by atoms with Crippen LogP contribution < -0.4 is 0 Å². The van der Waals surface area contributed by atoms with Gasteiger partial charge in [-0.2, -0.15) is 0 Å². The third-order valence-corrected chi connectivity index (χ3v) is 3.75. The van der Waals surface area contributed by atoms with E-state index >= 15 is 0 Å². The minimum atomic E-state index is -4.41. The Morgan fingerprint density at radius 2 is 2.00 bits per heavy atom. The summed E-state index contributed by atoms with van der Waals surface area (Å²) in [5, 5.41) is 9.06. The fourth-order valence-electron chi connectivity index (χ4n) is 0.456. The Balaban J connectivity index is 4.02. The topological polar surface area (TPSA) is 57.5 Å². The van der Waals surface area contributed by atoms with Crippen LogP contribution >= 0.6 is 7.37 Å². The molecule has 3 atom stereocenters. The van der Waals surface area contributed by atoms with Crippen molar-refractivity contribution in [2.24, 2.45) is 0 Å². The molecule has 0 saturated heterocycles. The molecular weight excluding hydrogens is 240 g/mol. The van der Waals surface area contributed by atoms with Crippen LogP contribution in [0.2, 0.25) is 5.21 Å². The van der Waals surface area contributed by atoms with Gasteiger partial charge < -0.3 is 0 Å². The van der Waals surface area contributed by atoms with Gasteiger partial charge in [0.05, 0.1) is 0 Å². The first-order valence-corrected chi connectivity index (χ1v) is 6.50. The number of halogens is 2. The van der Waals surface area contributed by atoms with Gasteiger partial charge in [-0.3, -0.25) is 0 Å². The van der Waals surface area contributed by atoms with Gasteiger partial charge in [0.25, 0.3) is 0 Å². The van der Waals surface area contributed by atoms with E-state index in [9.17, 15) is 13.3 Å². The first-order valence-electron chi connectivity index (χ1n) is 2.88. The third-order valence-electron chi connectivity index (χ3n) is 1.05. The zero-order valence-electron chi connectivity index (χ0n) is 5.65. The Morgan fingerprint density at radius 3 is 2.27 bits per heavy atom. The maximum absolute atomic E-state index is 11.7. The molecule has 7 heteroatoms. The summed E-state index contributed by atoms with van der Waals surface area (Å²) < 4.78 is 33.9. The zero-order valence-corrected chi connectivity index (χ0v) is 8.97. The predicted octanol–water partition coefficient (Wildman–Crippen LogP) is -0.108. The summed E-state index contributed by atoms with van der Waals surface area (Å²) >= 11 is 1.14. The molecule has 2 N–H and O–H groups in total. The molecular formula is C4H10AsF2O3P. The second-order valence-electron chi connectivity index (χ2n) is 2.11. The molecule has 68 valence electrons. The van der Waals surface area contributed by atoms with E-state index in [1.54, 1.807) is 0 Å². The van der Waals surface area contributed by atoms with Crippen LogP contribution in [0.3, 0.4) is 0 Å². The minimum absolute atomic E-state index is 0.268. The number of hydrogen-bond donors (Lipinski definition) is 2. The first kappa shape index (κ1) is 11.6. The van der Waals surface area contributed by atoms with E-state index in [0.29, 0.717) is 0 Å². The third kappa shape index (κ3) is 4.21. The van der Waals surface area contributed by atoms with Crippen LogP contribution in [0.4, 0.5) is 8.78 Å². The Labute approximate surface area is 71.8 Å². The fraction of sp³-hybridized carbons (Fsp3) is 1.00. The van der Waals surface area contributed by atoms with E-state index in [1.165, 1.54) is 0 Å². The van der Waals surface area contributed by atoms with Crippen molar-refractivity contribution in [3.8, 4) is 0 Å². The molecule has 0 aromatic carbocycles. The van der Waals surface area contributed by atoms with Gasteiger partial charge in [0.15, 0.2) is 0 Å². The van der Waals surface area contributed by atoms with Gasteiger partial charge in [0.2, 0.25) is 0 Å². The Hall–Kier alpha value is 0.568. The van der Waals surface area contributed by atoms with Gasteiger partial charge in [-0.25, -0.2) is 0 Å². The van der Waals surface area contributed by atoms with Gasteiger partial charge >= 0.3 is 71.2 Å². The van der Waals surface area contributed by atoms with Crippen LogP contribution in [0.1, 0.15) is 0 Å². The van der Waals surface area contributed by atoms with Crippen LogP contribution in [0.15, 0.2) is 0 Å². The van der Waals surface area contributed by atoms with E-state index in [4.69, 9.17) is 10.00 Å². The molecule has 0 fully saturated rings. The molecule has 3 nitrogen and oxygen atoms in total. The number of aliphatic hydroxyl groups is 1. The Morgan fingerprint density at radius 1 is 1.55 bits per heavy atom. The van der Waals surface area contributed by atoms with Gasteiger partial charge in [-0.15, -0.1) is 0 Å². The van der Waals surface area contributed by atoms with Crippen LogP contribution in [-0.2, 0) is 4.57 Å². The first-order chi connectivity index (χ1) is 4.90. The fourth-order valence-corrected chi connectivity index (χ4v) is 2.31. The van der Waals surface area contributed by atoms with Crippen LogP contribution in [-0.4, -0.2) is 45.3 Å². The summed E-state index contributed by atoms with van der Waals surface area (Å²) in [6.45, 7) is 0. The number of rotatable bonds is 4. The quantitative estimate of drug-likeness (QED) is 0.540. The molecule has 0 aromatic heterocycles. The molecule has 3 unspecified atom stereocenters. The molecule has 0 saturated carbocycles. The van der Waals surface area contributed by atoms with Gasteiger partial charge in [0.1, 0.15) is 0 Å². The maximum atomic E-state index is 11.7. The normalized spacial score (nSPS) is 19.8. The molecule has 0 aliphatic rings. The summed E-state index contributed by atoms with van der Waals surface area (Å²) in [5.74, 6) is 0. The zero-order chi connectivity index (χ0) is 9.07. The van der Waals surface area contributed by atoms with Crippen molar-refractivity contribution in [3.05, 3.63) is 0 Å². The van der Waals surface area contributed by atoms with E-state index in [0.717, 1.165) is 16.9 Å². The van der Waals surface area contributed by atoms with Gasteiger partial charge in [-0.05, 0) is 0 Å². The second kappa shape index (κ2) is 4.56. The van der Waals surface area contributed by atoms with Crippen molar-refractivity contribution in [1.82, 2.24) is 0 Å². The molecule has 0 amide bonds. The Bertz CT molecular complexity index is 165. The van der Waals surface area contributed by atoms with E-state index in [1.807, 2.05) is 0 Å². The Kier molecular flexibility index (Phi) is 4.79. The average molecular weight is 250 g/mol. The van der Waals surface area contributed by atoms with Gasteiger partial charge in [0, 0.05) is 0 Å². The van der Waals surface area contributed by atoms with E-state index in [2.05, 4.69) is 0 Å². The molecule has 0 heterocycles. The van der Waals surface area contributed by atoms with Crippen LogP contribution in [0.25, 0.3) is 0 Å². The van der Waals surface area contributed by atoms with Crippen molar-refractivity contribution in [2.45, 2.75) is 17.5 Å². The number of alkyl halides is 2. The molecule has 0 radical (unpaired) electrons. The van der Waals surface area contributed by atoms with E-state index < -0.39 is 25.8 Å². The number of aliphatic hydroxyl groups excluding tert-OH is 1. The summed E-state index contributed by atoms with van der Waals surface area (Å²) in [7, 11) is -4.41. The molecule has 0 aliphatic carbocycles. The van der Waals surface area contributed by atoms with Gasteiger partial charge in [-0.1, -0.05) is 0 Å². The van der Waals surface area contributed by atoms with Crippen molar-refractivity contribution in [3.63, 3.8) is 0 Å². The van der Waals surface area contributed by atoms with Crippen LogP contribution in [0.5, 0.6) is 0 Å². The van der Waals surface area contributed by atoms with Crippen molar-refractivity contribution in [2.75, 3.05) is 6.16 Å². The standard InChI is InChI=1S/C4H10AsF2O3P/c5-1-3(8)2-11(9,10)4(6)7/h3-4,8H,1-2,5H2,(H,9,10). The molecule has 0 bridgehead atoms. The average Bonchev–Trinajstić information content (AvgIpc) is 1.86. The summed E-state index contributed by atoms with van der Waals surface area (Å²) in [6.07, 6.45) is -5.03. The summed E-state index contributed by atoms with van der Waals surface area (Å²) in [4.78, 5) is 8.55. The monoisotopic (exact) mass is 250 g/mol. The molecule has 11 heavy (non-hydrogen) atoms. The molecule has 0 rings (SSSR count). The molecule has 0 aliphatic heterocycles. The summed E-state index contributed by atoms with van der Waals surface area (Å²) in [5.41, 5.74) is 0. The van der Waals surface area contributed by atoms with Crippen molar-refractivity contribution in [1.29, 1.82) is 0 Å². The van der Waals surface area contributed by atoms with Crippen molar-refractivity contribution < 1.29 is 23.3 Å². The second-order valence-corrected chi connectivity index (χ2v) is 5.36. The van der Waals surface area contributed by atoms with Crippen LogP contribution in [0, 0.1) is 0 Å². The predicted molar refractivity (Wildman–Crippen MR) is 40.1 cm³/mol. The number of hydrogen-bond acceptors (Lipinski definition) is 2. The SMILES string of the molecule is O=P(O)(CC(O)C[AsH2])C(F)F. The van der Waals surface area contributed by atoms with Crippen molar-refractivity contribution >= 4 is 24.2 Å².